The van der Waals surface area contributed by atoms with Crippen LogP contribution in [0.3, 0.4) is 0 Å². The largest absolute Gasteiger partial charge is 0.389 e. The Kier molecular flexibility index (Phi) is 3.65. The van der Waals surface area contributed by atoms with Gasteiger partial charge in [-0.25, -0.2) is 0 Å². The molecule has 0 radical (unpaired) electrons. The highest BCUT2D eigenvalue weighted by atomic mass is 16.3. The SMILES string of the molecule is CCn1nc(C)cc1CC1(O)CCC2(CCCC2)CC1. The summed E-state index contributed by atoms with van der Waals surface area (Å²) in [5.41, 5.74) is 2.36. The number of aromatic nitrogens is 2. The summed E-state index contributed by atoms with van der Waals surface area (Å²) in [6.45, 7) is 5.05. The third kappa shape index (κ3) is 2.65. The number of hydrogen-bond acceptors (Lipinski definition) is 2. The van der Waals surface area contributed by atoms with E-state index >= 15 is 0 Å². The van der Waals surface area contributed by atoms with Crippen LogP contribution < -0.4 is 0 Å². The van der Waals surface area contributed by atoms with Crippen LogP contribution in [0.4, 0.5) is 0 Å². The second-order valence-electron chi connectivity index (χ2n) is 7.20. The lowest BCUT2D eigenvalue weighted by molar-refractivity contribution is -0.0335. The highest BCUT2D eigenvalue weighted by Gasteiger charge is 2.43. The van der Waals surface area contributed by atoms with Gasteiger partial charge in [0.15, 0.2) is 0 Å². The average Bonchev–Trinajstić information content (AvgIpc) is 3.01. The topological polar surface area (TPSA) is 38.0 Å². The predicted octanol–water partition coefficient (Wildman–Crippen LogP) is 3.62. The van der Waals surface area contributed by atoms with Gasteiger partial charge in [-0.1, -0.05) is 12.8 Å². The lowest BCUT2D eigenvalue weighted by Crippen LogP contribution is -2.40. The Morgan fingerprint density at radius 3 is 2.40 bits per heavy atom. The van der Waals surface area contributed by atoms with E-state index in [0.717, 1.165) is 31.5 Å². The van der Waals surface area contributed by atoms with Crippen LogP contribution in [0.15, 0.2) is 6.07 Å². The van der Waals surface area contributed by atoms with Crippen molar-refractivity contribution in [1.29, 1.82) is 0 Å². The van der Waals surface area contributed by atoms with Gasteiger partial charge >= 0.3 is 0 Å². The average molecular weight is 276 g/mol. The number of aryl methyl sites for hydroxylation is 2. The Bertz CT molecular complexity index is 461. The van der Waals surface area contributed by atoms with Gasteiger partial charge in [0.25, 0.3) is 0 Å². The standard InChI is InChI=1S/C17H28N2O/c1-3-19-15(12-14(2)18-19)13-17(20)10-8-16(9-11-17)6-4-5-7-16/h12,20H,3-11,13H2,1-2H3. The van der Waals surface area contributed by atoms with Crippen LogP contribution in [-0.2, 0) is 13.0 Å². The van der Waals surface area contributed by atoms with Crippen molar-refractivity contribution >= 4 is 0 Å². The maximum Gasteiger partial charge on any atom is 0.0703 e. The van der Waals surface area contributed by atoms with Crippen molar-refractivity contribution in [3.8, 4) is 0 Å². The molecule has 1 N–H and O–H groups in total. The van der Waals surface area contributed by atoms with Gasteiger partial charge in [0.05, 0.1) is 11.3 Å². The second kappa shape index (κ2) is 5.18. The van der Waals surface area contributed by atoms with Gasteiger partial charge in [-0.15, -0.1) is 0 Å². The number of nitrogens with zero attached hydrogens (tertiary/aromatic N) is 2. The Morgan fingerprint density at radius 1 is 1.15 bits per heavy atom. The van der Waals surface area contributed by atoms with E-state index < -0.39 is 5.60 Å². The number of rotatable bonds is 3. The summed E-state index contributed by atoms with van der Waals surface area (Å²) in [4.78, 5) is 0. The minimum atomic E-state index is -0.493. The quantitative estimate of drug-likeness (QED) is 0.915. The molecule has 1 aromatic rings. The molecule has 3 heteroatoms. The molecule has 1 spiro atoms. The fraction of sp³-hybridized carbons (Fsp3) is 0.824. The Labute approximate surface area is 122 Å². The summed E-state index contributed by atoms with van der Waals surface area (Å²) in [5.74, 6) is 0. The van der Waals surface area contributed by atoms with E-state index in [9.17, 15) is 5.11 Å². The third-order valence-electron chi connectivity index (χ3n) is 5.70. The smallest absolute Gasteiger partial charge is 0.0703 e. The van der Waals surface area contributed by atoms with E-state index in [1.807, 2.05) is 11.6 Å². The third-order valence-corrected chi connectivity index (χ3v) is 5.70. The monoisotopic (exact) mass is 276 g/mol. The molecule has 0 atom stereocenters. The van der Waals surface area contributed by atoms with E-state index in [-0.39, 0.29) is 0 Å². The molecule has 0 aliphatic heterocycles. The first-order chi connectivity index (χ1) is 9.54. The Morgan fingerprint density at radius 2 is 1.80 bits per heavy atom. The minimum Gasteiger partial charge on any atom is -0.389 e. The van der Waals surface area contributed by atoms with Gasteiger partial charge in [0.1, 0.15) is 0 Å². The zero-order valence-electron chi connectivity index (χ0n) is 13.0. The maximum atomic E-state index is 11.0. The molecule has 20 heavy (non-hydrogen) atoms. The lowest BCUT2D eigenvalue weighted by atomic mass is 9.66. The van der Waals surface area contributed by atoms with Crippen molar-refractivity contribution in [2.75, 3.05) is 0 Å². The summed E-state index contributed by atoms with van der Waals surface area (Å²) < 4.78 is 2.05. The molecule has 0 amide bonds. The summed E-state index contributed by atoms with van der Waals surface area (Å²) in [5, 5.41) is 15.5. The zero-order chi connectivity index (χ0) is 14.2. The highest BCUT2D eigenvalue weighted by molar-refractivity contribution is 5.13. The molecule has 0 aromatic carbocycles. The highest BCUT2D eigenvalue weighted by Crippen LogP contribution is 2.51. The van der Waals surface area contributed by atoms with Crippen molar-refractivity contribution in [3.05, 3.63) is 17.5 Å². The fourth-order valence-electron chi connectivity index (χ4n) is 4.40. The maximum absolute atomic E-state index is 11.0. The molecule has 2 aliphatic rings. The summed E-state index contributed by atoms with van der Waals surface area (Å²) in [6, 6.07) is 2.14. The van der Waals surface area contributed by atoms with Gasteiger partial charge < -0.3 is 5.11 Å². The molecule has 1 heterocycles. The van der Waals surface area contributed by atoms with E-state index in [2.05, 4.69) is 18.1 Å². The van der Waals surface area contributed by atoms with Crippen molar-refractivity contribution < 1.29 is 5.11 Å². The van der Waals surface area contributed by atoms with Crippen molar-refractivity contribution in [2.45, 2.75) is 83.8 Å². The molecule has 1 aromatic heterocycles. The van der Waals surface area contributed by atoms with Crippen LogP contribution in [0.1, 0.15) is 69.7 Å². The summed E-state index contributed by atoms with van der Waals surface area (Å²) in [7, 11) is 0. The van der Waals surface area contributed by atoms with Crippen LogP contribution in [0.5, 0.6) is 0 Å². The molecule has 0 saturated heterocycles. The van der Waals surface area contributed by atoms with Crippen LogP contribution in [-0.4, -0.2) is 20.5 Å². The zero-order valence-corrected chi connectivity index (χ0v) is 13.0. The van der Waals surface area contributed by atoms with E-state index in [4.69, 9.17) is 0 Å². The predicted molar refractivity (Wildman–Crippen MR) is 80.7 cm³/mol. The van der Waals surface area contributed by atoms with Crippen molar-refractivity contribution in [2.24, 2.45) is 5.41 Å². The molecule has 2 fully saturated rings. The Balaban J connectivity index is 1.68. The van der Waals surface area contributed by atoms with Gasteiger partial charge in [-0.05, 0) is 63.9 Å². The molecular formula is C17H28N2O. The van der Waals surface area contributed by atoms with E-state index in [0.29, 0.717) is 5.41 Å². The van der Waals surface area contributed by atoms with Gasteiger partial charge in [0, 0.05) is 18.7 Å². The van der Waals surface area contributed by atoms with Crippen LogP contribution in [0, 0.1) is 12.3 Å². The molecule has 2 saturated carbocycles. The normalized spacial score (nSPS) is 24.4. The van der Waals surface area contributed by atoms with Gasteiger partial charge in [-0.3, -0.25) is 4.68 Å². The van der Waals surface area contributed by atoms with Gasteiger partial charge in [-0.2, -0.15) is 5.10 Å². The summed E-state index contributed by atoms with van der Waals surface area (Å²) >= 11 is 0. The fourth-order valence-corrected chi connectivity index (χ4v) is 4.40. The lowest BCUT2D eigenvalue weighted by Gasteiger charge is -2.42. The molecule has 3 nitrogen and oxygen atoms in total. The van der Waals surface area contributed by atoms with E-state index in [1.54, 1.807) is 0 Å². The molecule has 0 bridgehead atoms. The number of aliphatic hydroxyl groups is 1. The van der Waals surface area contributed by atoms with Crippen molar-refractivity contribution in [3.63, 3.8) is 0 Å². The molecule has 2 aliphatic carbocycles. The second-order valence-corrected chi connectivity index (χ2v) is 7.20. The Hall–Kier alpha value is -0.830. The number of hydrogen-bond donors (Lipinski definition) is 1. The molecule has 3 rings (SSSR count). The molecule has 0 unspecified atom stereocenters. The van der Waals surface area contributed by atoms with Crippen LogP contribution >= 0.6 is 0 Å². The minimum absolute atomic E-state index is 0.493. The first-order valence-electron chi connectivity index (χ1n) is 8.30. The van der Waals surface area contributed by atoms with Crippen molar-refractivity contribution in [1.82, 2.24) is 9.78 Å². The van der Waals surface area contributed by atoms with Gasteiger partial charge in [0.2, 0.25) is 0 Å². The van der Waals surface area contributed by atoms with E-state index in [1.165, 1.54) is 44.2 Å². The first kappa shape index (κ1) is 14.1. The van der Waals surface area contributed by atoms with Crippen LogP contribution in [0.2, 0.25) is 0 Å². The first-order valence-corrected chi connectivity index (χ1v) is 8.30. The van der Waals surface area contributed by atoms with Crippen LogP contribution in [0.25, 0.3) is 0 Å². The molecular weight excluding hydrogens is 248 g/mol. The summed E-state index contributed by atoms with van der Waals surface area (Å²) in [6.07, 6.45) is 10.8. The molecule has 112 valence electrons.